The van der Waals surface area contributed by atoms with Gasteiger partial charge in [-0.2, -0.15) is 0 Å². The van der Waals surface area contributed by atoms with E-state index in [4.69, 9.17) is 16.3 Å². The van der Waals surface area contributed by atoms with Gasteiger partial charge in [0.15, 0.2) is 0 Å². The predicted molar refractivity (Wildman–Crippen MR) is 83.6 cm³/mol. The van der Waals surface area contributed by atoms with Crippen molar-refractivity contribution in [3.63, 3.8) is 0 Å². The zero-order chi connectivity index (χ0) is 14.7. The molecule has 2 aliphatic rings. The summed E-state index contributed by atoms with van der Waals surface area (Å²) < 4.78 is 5.97. The minimum atomic E-state index is 0.191. The SMILES string of the molecule is O=C(C1CCCC1)N1CCC(Oc2cccc(Cl)c2)CC1. The number of carbonyl (C=O) groups is 1. The number of piperidine rings is 1. The van der Waals surface area contributed by atoms with Gasteiger partial charge in [0.2, 0.25) is 5.91 Å². The Morgan fingerprint density at radius 3 is 2.52 bits per heavy atom. The van der Waals surface area contributed by atoms with Gasteiger partial charge in [-0.25, -0.2) is 0 Å². The van der Waals surface area contributed by atoms with Gasteiger partial charge in [-0.15, -0.1) is 0 Å². The van der Waals surface area contributed by atoms with E-state index in [1.807, 2.05) is 29.2 Å². The first-order valence-corrected chi connectivity index (χ1v) is 8.31. The lowest BCUT2D eigenvalue weighted by molar-refractivity contribution is -0.137. The van der Waals surface area contributed by atoms with E-state index in [2.05, 4.69) is 0 Å². The van der Waals surface area contributed by atoms with Gasteiger partial charge >= 0.3 is 0 Å². The van der Waals surface area contributed by atoms with Gasteiger partial charge in [0.05, 0.1) is 0 Å². The molecule has 3 rings (SSSR count). The summed E-state index contributed by atoms with van der Waals surface area (Å²) in [5.41, 5.74) is 0. The van der Waals surface area contributed by atoms with E-state index in [0.29, 0.717) is 10.9 Å². The zero-order valence-corrected chi connectivity index (χ0v) is 13.0. The van der Waals surface area contributed by atoms with Gasteiger partial charge in [-0.05, 0) is 31.0 Å². The first-order chi connectivity index (χ1) is 10.2. The van der Waals surface area contributed by atoms with E-state index >= 15 is 0 Å². The smallest absolute Gasteiger partial charge is 0.225 e. The molecule has 114 valence electrons. The monoisotopic (exact) mass is 307 g/mol. The second-order valence-electron chi connectivity index (χ2n) is 6.08. The molecule has 2 fully saturated rings. The number of rotatable bonds is 3. The highest BCUT2D eigenvalue weighted by atomic mass is 35.5. The van der Waals surface area contributed by atoms with Crippen LogP contribution in [0.15, 0.2) is 24.3 Å². The minimum absolute atomic E-state index is 0.191. The van der Waals surface area contributed by atoms with Crippen LogP contribution in [0, 0.1) is 5.92 Å². The van der Waals surface area contributed by atoms with Crippen molar-refractivity contribution in [2.75, 3.05) is 13.1 Å². The molecule has 0 radical (unpaired) electrons. The summed E-state index contributed by atoms with van der Waals surface area (Å²) in [5, 5.41) is 0.696. The molecule has 0 unspecified atom stereocenters. The van der Waals surface area contributed by atoms with Crippen LogP contribution in [0.1, 0.15) is 38.5 Å². The van der Waals surface area contributed by atoms with Crippen molar-refractivity contribution in [1.29, 1.82) is 0 Å². The average Bonchev–Trinajstić information content (AvgIpc) is 3.01. The van der Waals surface area contributed by atoms with Crippen LogP contribution in [0.25, 0.3) is 0 Å². The third-order valence-corrected chi connectivity index (χ3v) is 4.79. The zero-order valence-electron chi connectivity index (χ0n) is 12.3. The minimum Gasteiger partial charge on any atom is -0.490 e. The molecular formula is C17H22ClNO2. The number of amides is 1. The number of halogens is 1. The second kappa shape index (κ2) is 6.69. The number of ether oxygens (including phenoxy) is 1. The predicted octanol–water partition coefficient (Wildman–Crippen LogP) is 3.90. The second-order valence-corrected chi connectivity index (χ2v) is 6.52. The lowest BCUT2D eigenvalue weighted by atomic mass is 10.0. The van der Waals surface area contributed by atoms with Crippen LogP contribution in [0.2, 0.25) is 5.02 Å². The van der Waals surface area contributed by atoms with Gasteiger partial charge < -0.3 is 9.64 Å². The van der Waals surface area contributed by atoms with Crippen molar-refractivity contribution in [2.24, 2.45) is 5.92 Å². The van der Waals surface area contributed by atoms with Crippen LogP contribution in [0.4, 0.5) is 0 Å². The number of carbonyl (C=O) groups excluding carboxylic acids is 1. The first-order valence-electron chi connectivity index (χ1n) is 7.93. The molecule has 1 heterocycles. The third-order valence-electron chi connectivity index (χ3n) is 4.56. The summed E-state index contributed by atoms with van der Waals surface area (Å²) in [6, 6.07) is 7.52. The molecule has 1 saturated carbocycles. The lowest BCUT2D eigenvalue weighted by Crippen LogP contribution is -2.43. The fraction of sp³-hybridized carbons (Fsp3) is 0.588. The molecule has 1 amide bonds. The molecule has 0 atom stereocenters. The Bertz CT molecular complexity index is 491. The van der Waals surface area contributed by atoms with Crippen LogP contribution in [-0.4, -0.2) is 30.0 Å². The van der Waals surface area contributed by atoms with Crippen molar-refractivity contribution in [3.05, 3.63) is 29.3 Å². The highest BCUT2D eigenvalue weighted by molar-refractivity contribution is 6.30. The molecule has 1 aliphatic heterocycles. The average molecular weight is 308 g/mol. The summed E-state index contributed by atoms with van der Waals surface area (Å²) >= 11 is 5.97. The van der Waals surface area contributed by atoms with E-state index in [0.717, 1.165) is 44.5 Å². The first kappa shape index (κ1) is 14.7. The molecule has 0 aromatic heterocycles. The molecule has 1 aliphatic carbocycles. The number of nitrogens with zero attached hydrogens (tertiary/aromatic N) is 1. The molecule has 0 bridgehead atoms. The molecule has 0 spiro atoms. The number of benzene rings is 1. The van der Waals surface area contributed by atoms with Gasteiger partial charge in [0, 0.05) is 36.9 Å². The Hall–Kier alpha value is -1.22. The van der Waals surface area contributed by atoms with Crippen LogP contribution in [-0.2, 0) is 4.79 Å². The third kappa shape index (κ3) is 3.70. The molecule has 1 saturated heterocycles. The van der Waals surface area contributed by atoms with Gasteiger partial charge in [-0.1, -0.05) is 30.5 Å². The van der Waals surface area contributed by atoms with Gasteiger partial charge in [0.25, 0.3) is 0 Å². The molecule has 3 nitrogen and oxygen atoms in total. The Balaban J connectivity index is 1.49. The Labute approximate surface area is 131 Å². The summed E-state index contributed by atoms with van der Waals surface area (Å²) in [7, 11) is 0. The van der Waals surface area contributed by atoms with E-state index in [1.165, 1.54) is 12.8 Å². The van der Waals surface area contributed by atoms with E-state index in [9.17, 15) is 4.79 Å². The summed E-state index contributed by atoms with van der Waals surface area (Å²) in [6.07, 6.45) is 6.59. The van der Waals surface area contributed by atoms with E-state index < -0.39 is 0 Å². The maximum atomic E-state index is 12.4. The van der Waals surface area contributed by atoms with Crippen molar-refractivity contribution in [1.82, 2.24) is 4.90 Å². The molecular weight excluding hydrogens is 286 g/mol. The maximum Gasteiger partial charge on any atom is 0.225 e. The summed E-state index contributed by atoms with van der Waals surface area (Å²) in [6.45, 7) is 1.64. The Morgan fingerprint density at radius 1 is 1.14 bits per heavy atom. The normalized spacial score (nSPS) is 20.7. The molecule has 4 heteroatoms. The van der Waals surface area contributed by atoms with Crippen molar-refractivity contribution >= 4 is 17.5 Å². The topological polar surface area (TPSA) is 29.5 Å². The van der Waals surface area contributed by atoms with Crippen molar-refractivity contribution in [2.45, 2.75) is 44.6 Å². The molecule has 1 aromatic rings. The van der Waals surface area contributed by atoms with E-state index in [-0.39, 0.29) is 12.0 Å². The highest BCUT2D eigenvalue weighted by Gasteiger charge is 2.30. The van der Waals surface area contributed by atoms with Crippen LogP contribution in [0.3, 0.4) is 0 Å². The number of likely N-dealkylation sites (tertiary alicyclic amines) is 1. The Kier molecular flexibility index (Phi) is 4.69. The van der Waals surface area contributed by atoms with E-state index in [1.54, 1.807) is 0 Å². The maximum absolute atomic E-state index is 12.4. The lowest BCUT2D eigenvalue weighted by Gasteiger charge is -2.33. The quantitative estimate of drug-likeness (QED) is 0.847. The number of hydrogen-bond acceptors (Lipinski definition) is 2. The molecule has 1 aromatic carbocycles. The van der Waals surface area contributed by atoms with Crippen LogP contribution >= 0.6 is 11.6 Å². The van der Waals surface area contributed by atoms with Gasteiger partial charge in [0.1, 0.15) is 11.9 Å². The standard InChI is InChI=1S/C17H22ClNO2/c18-14-6-3-7-16(12-14)21-15-8-10-19(11-9-15)17(20)13-4-1-2-5-13/h3,6-7,12-13,15H,1-2,4-5,8-11H2. The molecule has 21 heavy (non-hydrogen) atoms. The van der Waals surface area contributed by atoms with Crippen molar-refractivity contribution < 1.29 is 9.53 Å². The fourth-order valence-electron chi connectivity index (χ4n) is 3.36. The number of hydrogen-bond donors (Lipinski definition) is 0. The Morgan fingerprint density at radius 2 is 1.86 bits per heavy atom. The highest BCUT2D eigenvalue weighted by Crippen LogP contribution is 2.28. The molecule has 0 N–H and O–H groups in total. The van der Waals surface area contributed by atoms with Crippen LogP contribution < -0.4 is 4.74 Å². The summed E-state index contributed by atoms with van der Waals surface area (Å²) in [5.74, 6) is 1.48. The largest absolute Gasteiger partial charge is 0.490 e. The van der Waals surface area contributed by atoms with Crippen molar-refractivity contribution in [3.8, 4) is 5.75 Å². The summed E-state index contributed by atoms with van der Waals surface area (Å²) in [4.78, 5) is 14.4. The fourth-order valence-corrected chi connectivity index (χ4v) is 3.54. The van der Waals surface area contributed by atoms with Gasteiger partial charge in [-0.3, -0.25) is 4.79 Å². The van der Waals surface area contributed by atoms with Crippen LogP contribution in [0.5, 0.6) is 5.75 Å².